The van der Waals surface area contributed by atoms with Gasteiger partial charge in [0.25, 0.3) is 23.6 Å². The van der Waals surface area contributed by atoms with Gasteiger partial charge in [0.2, 0.25) is 5.91 Å². The van der Waals surface area contributed by atoms with E-state index in [1.807, 2.05) is 18.7 Å². The number of rotatable bonds is 24. The Morgan fingerprint density at radius 1 is 0.984 bits per heavy atom. The first-order valence-corrected chi connectivity index (χ1v) is 21.2. The molecule has 7 N–H and O–H groups in total. The normalized spacial score (nSPS) is 14.8. The van der Waals surface area contributed by atoms with Crippen molar-refractivity contribution in [1.82, 2.24) is 25.8 Å². The maximum Gasteiger partial charge on any atom is 0.269 e. The lowest BCUT2D eigenvalue weighted by Crippen LogP contribution is -2.48. The molecule has 0 aromatic heterocycles. The van der Waals surface area contributed by atoms with Crippen LogP contribution in [0, 0.1) is 11.2 Å². The Kier molecular flexibility index (Phi) is 21.6. The molecule has 0 bridgehead atoms. The topological polar surface area (TPSA) is 242 Å². The summed E-state index contributed by atoms with van der Waals surface area (Å²) in [4.78, 5) is 90.7. The Labute approximate surface area is 370 Å². The summed E-state index contributed by atoms with van der Waals surface area (Å²) < 4.78 is 25.9. The summed E-state index contributed by atoms with van der Waals surface area (Å²) in [5.41, 5.74) is 5.21. The number of aldehydes is 1. The number of anilines is 1. The van der Waals surface area contributed by atoms with Crippen molar-refractivity contribution in [3.8, 4) is 0 Å². The van der Waals surface area contributed by atoms with Crippen molar-refractivity contribution < 1.29 is 47.4 Å². The highest BCUT2D eigenvalue weighted by Gasteiger charge is 2.43. The van der Waals surface area contributed by atoms with Crippen LogP contribution in [0.4, 0.5) is 10.1 Å². The number of amides is 5. The summed E-state index contributed by atoms with van der Waals surface area (Å²) in [6.45, 7) is 8.32. The summed E-state index contributed by atoms with van der Waals surface area (Å²) in [6.07, 6.45) is 3.09. The highest BCUT2D eigenvalue weighted by molar-refractivity contribution is 6.39. The van der Waals surface area contributed by atoms with E-state index in [0.717, 1.165) is 17.2 Å². The van der Waals surface area contributed by atoms with Crippen LogP contribution < -0.4 is 27.0 Å². The second kappa shape index (κ2) is 26.3. The fourth-order valence-corrected chi connectivity index (χ4v) is 7.14. The molecule has 1 unspecified atom stereocenters. The van der Waals surface area contributed by atoms with Crippen LogP contribution in [0.25, 0.3) is 0 Å². The molecule has 0 aliphatic carbocycles. The summed E-state index contributed by atoms with van der Waals surface area (Å²) >= 11 is 12.2. The monoisotopic (exact) mass is 904 g/mol. The van der Waals surface area contributed by atoms with E-state index < -0.39 is 35.5 Å². The van der Waals surface area contributed by atoms with Crippen LogP contribution in [0.5, 0.6) is 0 Å². The van der Waals surface area contributed by atoms with Crippen LogP contribution in [0.2, 0.25) is 10.0 Å². The van der Waals surface area contributed by atoms with E-state index in [-0.39, 0.29) is 127 Å². The zero-order valence-electron chi connectivity index (χ0n) is 35.1. The molecule has 1 fully saturated rings. The number of nitrogens with one attached hydrogen (secondary N) is 5. The number of imide groups is 1. The molecule has 20 heteroatoms. The SMILES string of the molecule is CC.CCCC(=O)C(CCC=O)N1C(=O)c2cc(F)c(NCCOCCOCCNC(=O)CN3CCC(NC(=O)/C(N)=C(/C=N)NC(=O)c4c(Cl)cccc4Cl)CC3)cc2C1=O. The molecule has 62 heavy (non-hydrogen) atoms. The van der Waals surface area contributed by atoms with E-state index in [4.69, 9.17) is 43.8 Å². The third-order valence-corrected chi connectivity index (χ3v) is 10.3. The van der Waals surface area contributed by atoms with E-state index in [9.17, 15) is 38.0 Å². The zero-order chi connectivity index (χ0) is 45.8. The molecule has 2 aromatic rings. The Morgan fingerprint density at radius 3 is 2.19 bits per heavy atom. The van der Waals surface area contributed by atoms with E-state index in [1.54, 1.807) is 13.0 Å². The third kappa shape index (κ3) is 14.4. The standard InChI is InChI=1S/C40H49Cl2FN8O9.C2H6/c1-2-5-33(53)32(8-4-15-52)51-39(57)25-20-29(43)30(21-26(25)40(51)58)46-11-16-59-18-19-60-17-12-47-34(54)23-50-13-9-24(10-14-50)48-38(56)36(45)31(22-44)49-37(55)35-27(41)6-3-7-28(35)42;1-2/h3,6-7,15,20-22,24,32,44,46H,2,4-5,8-14,16-19,23,45H2,1H3,(H,47,54)(H,48,56)(H,49,55);1-2H3/b36-31+,44-22?;. The van der Waals surface area contributed by atoms with E-state index in [0.29, 0.717) is 38.6 Å². The third-order valence-electron chi connectivity index (χ3n) is 9.65. The van der Waals surface area contributed by atoms with Crippen molar-refractivity contribution in [2.75, 3.05) is 64.5 Å². The highest BCUT2D eigenvalue weighted by Crippen LogP contribution is 2.31. The van der Waals surface area contributed by atoms with Gasteiger partial charge in [-0.25, -0.2) is 4.39 Å². The number of nitrogens with two attached hydrogens (primary N) is 1. The Morgan fingerprint density at radius 2 is 1.60 bits per heavy atom. The number of allylic oxidation sites excluding steroid dienone is 1. The van der Waals surface area contributed by atoms with Gasteiger partial charge in [-0.1, -0.05) is 50.0 Å². The molecule has 0 radical (unpaired) electrons. The number of benzene rings is 2. The molecule has 1 atom stereocenters. The number of ether oxygens (including phenoxy) is 2. The van der Waals surface area contributed by atoms with Crippen molar-refractivity contribution >= 4 is 76.7 Å². The Bertz CT molecular complexity index is 1960. The van der Waals surface area contributed by atoms with Gasteiger partial charge < -0.3 is 46.7 Å². The lowest BCUT2D eigenvalue weighted by molar-refractivity contribution is -0.124. The van der Waals surface area contributed by atoms with Gasteiger partial charge in [-0.15, -0.1) is 0 Å². The average Bonchev–Trinajstić information content (AvgIpc) is 3.48. The minimum atomic E-state index is -1.10. The van der Waals surface area contributed by atoms with Crippen LogP contribution in [-0.4, -0.2) is 129 Å². The van der Waals surface area contributed by atoms with Gasteiger partial charge in [0.15, 0.2) is 5.78 Å². The second-order valence-electron chi connectivity index (χ2n) is 13.9. The van der Waals surface area contributed by atoms with Gasteiger partial charge in [-0.05, 0) is 49.9 Å². The van der Waals surface area contributed by atoms with E-state index >= 15 is 0 Å². The predicted molar refractivity (Wildman–Crippen MR) is 232 cm³/mol. The number of hydrogen-bond donors (Lipinski definition) is 6. The Hall–Kier alpha value is -5.27. The molecule has 0 spiro atoms. The average molecular weight is 906 g/mol. The number of piperidine rings is 1. The molecular weight excluding hydrogens is 850 g/mol. The molecule has 2 aliphatic heterocycles. The maximum atomic E-state index is 14.9. The van der Waals surface area contributed by atoms with Gasteiger partial charge in [0.05, 0.1) is 77.1 Å². The molecular formula is C42H55Cl2FN8O9. The van der Waals surface area contributed by atoms with Crippen LogP contribution in [0.3, 0.4) is 0 Å². The van der Waals surface area contributed by atoms with E-state index in [1.165, 1.54) is 18.2 Å². The molecule has 17 nitrogen and oxygen atoms in total. The summed E-state index contributed by atoms with van der Waals surface area (Å²) in [7, 11) is 0. The molecule has 5 amide bonds. The molecule has 2 aliphatic rings. The summed E-state index contributed by atoms with van der Waals surface area (Å²) in [6, 6.07) is 5.41. The lowest BCUT2D eigenvalue weighted by Gasteiger charge is -2.31. The number of likely N-dealkylation sites (tertiary alicyclic amines) is 1. The molecule has 0 saturated carbocycles. The molecule has 2 aromatic carbocycles. The molecule has 338 valence electrons. The van der Waals surface area contributed by atoms with Gasteiger partial charge in [0, 0.05) is 51.3 Å². The first-order chi connectivity index (χ1) is 29.8. The Balaban J connectivity index is 0.00000504. The number of Topliss-reactive ketones (excluding diaryl/α,β-unsaturated/α-hetero) is 1. The molecule has 1 saturated heterocycles. The fourth-order valence-electron chi connectivity index (χ4n) is 6.57. The number of ketones is 1. The van der Waals surface area contributed by atoms with Gasteiger partial charge in [-0.3, -0.25) is 38.6 Å². The largest absolute Gasteiger partial charge is 0.393 e. The van der Waals surface area contributed by atoms with Gasteiger partial charge in [0.1, 0.15) is 17.8 Å². The molecule has 2 heterocycles. The quantitative estimate of drug-likeness (QED) is 0.0289. The first kappa shape index (κ1) is 51.1. The number of halogens is 3. The maximum absolute atomic E-state index is 14.9. The second-order valence-corrected chi connectivity index (χ2v) is 14.7. The number of hydrogen-bond acceptors (Lipinski definition) is 13. The highest BCUT2D eigenvalue weighted by atomic mass is 35.5. The van der Waals surface area contributed by atoms with Crippen molar-refractivity contribution in [3.63, 3.8) is 0 Å². The minimum Gasteiger partial charge on any atom is -0.393 e. The lowest BCUT2D eigenvalue weighted by atomic mass is 10.0. The number of carbonyl (C=O) groups excluding carboxylic acids is 7. The number of nitrogens with zero attached hydrogens (tertiary/aromatic N) is 2. The van der Waals surface area contributed by atoms with Crippen molar-refractivity contribution in [2.45, 2.75) is 71.4 Å². The van der Waals surface area contributed by atoms with Crippen LogP contribution in [0.15, 0.2) is 41.7 Å². The van der Waals surface area contributed by atoms with Crippen molar-refractivity contribution in [3.05, 3.63) is 74.3 Å². The van der Waals surface area contributed by atoms with Crippen LogP contribution in [0.1, 0.15) is 90.4 Å². The van der Waals surface area contributed by atoms with Gasteiger partial charge in [-0.2, -0.15) is 0 Å². The van der Waals surface area contributed by atoms with Gasteiger partial charge >= 0.3 is 0 Å². The van der Waals surface area contributed by atoms with Crippen LogP contribution in [-0.2, 0) is 28.7 Å². The summed E-state index contributed by atoms with van der Waals surface area (Å²) in [5.74, 6) is -4.14. The zero-order valence-corrected chi connectivity index (χ0v) is 36.6. The fraction of sp³-hybridized carbons (Fsp3) is 0.476. The van der Waals surface area contributed by atoms with E-state index in [2.05, 4.69) is 21.3 Å². The minimum absolute atomic E-state index is 0.00434. The predicted octanol–water partition coefficient (Wildman–Crippen LogP) is 3.86. The smallest absolute Gasteiger partial charge is 0.269 e. The van der Waals surface area contributed by atoms with Crippen LogP contribution >= 0.6 is 23.2 Å². The summed E-state index contributed by atoms with van der Waals surface area (Å²) in [5, 5.41) is 18.7. The first-order valence-electron chi connectivity index (χ1n) is 20.4. The molecule has 4 rings (SSSR count). The number of carbonyl (C=O) groups is 7. The van der Waals surface area contributed by atoms with Crippen molar-refractivity contribution in [1.29, 1.82) is 5.41 Å². The van der Waals surface area contributed by atoms with Crippen molar-refractivity contribution in [2.24, 2.45) is 5.73 Å². The number of fused-ring (bicyclic) bond motifs is 1.